The van der Waals surface area contributed by atoms with Gasteiger partial charge in [-0.1, -0.05) is 23.4 Å². The van der Waals surface area contributed by atoms with Crippen LogP contribution in [-0.4, -0.2) is 22.6 Å². The summed E-state index contributed by atoms with van der Waals surface area (Å²) >= 11 is 0. The Morgan fingerprint density at radius 3 is 2.52 bits per heavy atom. The van der Waals surface area contributed by atoms with Gasteiger partial charge in [-0.2, -0.15) is 18.2 Å². The van der Waals surface area contributed by atoms with Crippen molar-refractivity contribution in [3.8, 4) is 11.4 Å². The summed E-state index contributed by atoms with van der Waals surface area (Å²) in [5.74, 6) is -0.0461. The van der Waals surface area contributed by atoms with Crippen molar-refractivity contribution in [1.29, 1.82) is 0 Å². The first-order chi connectivity index (χ1) is 13.7. The predicted octanol–water partition coefficient (Wildman–Crippen LogP) is 4.89. The molecule has 1 fully saturated rings. The Bertz CT molecular complexity index is 1050. The normalized spacial score (nSPS) is 17.2. The first-order valence-electron chi connectivity index (χ1n) is 9.10. The van der Waals surface area contributed by atoms with E-state index in [4.69, 9.17) is 4.52 Å². The average molecular weight is 401 g/mol. The number of amides is 1. The molecule has 3 aromatic rings. The molecule has 8 heteroatoms. The summed E-state index contributed by atoms with van der Waals surface area (Å²) < 4.78 is 44.1. The smallest absolute Gasteiger partial charge is 0.339 e. The third-order valence-electron chi connectivity index (χ3n) is 4.88. The van der Waals surface area contributed by atoms with Crippen LogP contribution in [-0.2, 0) is 11.0 Å². The van der Waals surface area contributed by atoms with Crippen molar-refractivity contribution in [3.63, 3.8) is 0 Å². The van der Waals surface area contributed by atoms with Crippen molar-refractivity contribution in [1.82, 2.24) is 10.1 Å². The second kappa shape index (κ2) is 7.02. The second-order valence-corrected chi connectivity index (χ2v) is 7.29. The average Bonchev–Trinajstić information content (AvgIpc) is 3.27. The molecule has 1 saturated heterocycles. The van der Waals surface area contributed by atoms with E-state index in [2.05, 4.69) is 10.1 Å². The molecule has 0 N–H and O–H groups in total. The van der Waals surface area contributed by atoms with E-state index < -0.39 is 11.7 Å². The number of hydrogen-bond donors (Lipinski definition) is 0. The van der Waals surface area contributed by atoms with Gasteiger partial charge in [0.1, 0.15) is 0 Å². The standard InChI is InChI=1S/C21H18F3N3O2/c1-12-6-13(2)8-17(7-12)27-11-15(10-18(27)28)20-25-19(26-29-20)14-4-3-5-16(9-14)21(22,23)24/h3-9,15H,10-11H2,1-2H3/t15-/m1/s1. The molecule has 1 aliphatic heterocycles. The molecule has 0 unspecified atom stereocenters. The van der Waals surface area contributed by atoms with Gasteiger partial charge in [-0.05, 0) is 49.2 Å². The van der Waals surface area contributed by atoms with Crippen LogP contribution in [0.1, 0.15) is 34.9 Å². The van der Waals surface area contributed by atoms with Gasteiger partial charge in [-0.25, -0.2) is 0 Å². The Labute approximate surface area is 165 Å². The van der Waals surface area contributed by atoms with Crippen LogP contribution in [0.2, 0.25) is 0 Å². The van der Waals surface area contributed by atoms with E-state index in [9.17, 15) is 18.0 Å². The summed E-state index contributed by atoms with van der Waals surface area (Å²) in [6.45, 7) is 4.31. The van der Waals surface area contributed by atoms with Crippen molar-refractivity contribution in [2.75, 3.05) is 11.4 Å². The summed E-state index contributed by atoms with van der Waals surface area (Å²) in [5.41, 5.74) is 2.36. The second-order valence-electron chi connectivity index (χ2n) is 7.29. The number of hydrogen-bond acceptors (Lipinski definition) is 4. The number of rotatable bonds is 3. The van der Waals surface area contributed by atoms with Gasteiger partial charge < -0.3 is 9.42 Å². The van der Waals surface area contributed by atoms with Crippen molar-refractivity contribution in [2.24, 2.45) is 0 Å². The number of halogens is 3. The van der Waals surface area contributed by atoms with Crippen LogP contribution in [0.5, 0.6) is 0 Å². The number of anilines is 1. The van der Waals surface area contributed by atoms with Gasteiger partial charge >= 0.3 is 6.18 Å². The topological polar surface area (TPSA) is 59.2 Å². The molecule has 150 valence electrons. The van der Waals surface area contributed by atoms with E-state index in [1.807, 2.05) is 32.0 Å². The van der Waals surface area contributed by atoms with Crippen LogP contribution >= 0.6 is 0 Å². The molecule has 1 aromatic heterocycles. The predicted molar refractivity (Wildman–Crippen MR) is 100 cm³/mol. The molecule has 0 aliphatic carbocycles. The zero-order valence-corrected chi connectivity index (χ0v) is 15.8. The molecular weight excluding hydrogens is 383 g/mol. The maximum atomic E-state index is 12.9. The molecule has 1 aliphatic rings. The quantitative estimate of drug-likeness (QED) is 0.627. The Hall–Kier alpha value is -3.16. The van der Waals surface area contributed by atoms with Gasteiger partial charge in [0.05, 0.1) is 11.5 Å². The lowest BCUT2D eigenvalue weighted by molar-refractivity contribution is -0.137. The Kier molecular flexibility index (Phi) is 4.64. The van der Waals surface area contributed by atoms with E-state index in [1.165, 1.54) is 12.1 Å². The Balaban J connectivity index is 1.57. The molecule has 0 radical (unpaired) electrons. The fraction of sp³-hybridized carbons (Fsp3) is 0.286. The molecule has 5 nitrogen and oxygen atoms in total. The third kappa shape index (κ3) is 3.87. The van der Waals surface area contributed by atoms with Gasteiger partial charge in [-0.3, -0.25) is 4.79 Å². The minimum atomic E-state index is -4.45. The van der Waals surface area contributed by atoms with Crippen LogP contribution in [0.3, 0.4) is 0 Å². The lowest BCUT2D eigenvalue weighted by Gasteiger charge is -2.17. The number of nitrogens with zero attached hydrogens (tertiary/aromatic N) is 3. The first-order valence-corrected chi connectivity index (χ1v) is 9.10. The molecular formula is C21H18F3N3O2. The van der Waals surface area contributed by atoms with Crippen LogP contribution < -0.4 is 4.90 Å². The molecule has 4 rings (SSSR count). The van der Waals surface area contributed by atoms with E-state index in [-0.39, 0.29) is 35.5 Å². The van der Waals surface area contributed by atoms with Crippen molar-refractivity contribution >= 4 is 11.6 Å². The Morgan fingerprint density at radius 2 is 1.83 bits per heavy atom. The lowest BCUT2D eigenvalue weighted by Crippen LogP contribution is -2.24. The van der Waals surface area contributed by atoms with E-state index in [1.54, 1.807) is 4.90 Å². The zero-order chi connectivity index (χ0) is 20.8. The number of aryl methyl sites for hydroxylation is 2. The zero-order valence-electron chi connectivity index (χ0n) is 15.8. The molecule has 2 aromatic carbocycles. The maximum absolute atomic E-state index is 12.9. The first kappa shape index (κ1) is 19.2. The van der Waals surface area contributed by atoms with Gasteiger partial charge in [0.25, 0.3) is 0 Å². The molecule has 2 heterocycles. The third-order valence-corrected chi connectivity index (χ3v) is 4.88. The summed E-state index contributed by atoms with van der Waals surface area (Å²) in [6, 6.07) is 10.7. The lowest BCUT2D eigenvalue weighted by atomic mass is 10.1. The molecule has 1 atom stereocenters. The highest BCUT2D eigenvalue weighted by Gasteiger charge is 2.36. The van der Waals surface area contributed by atoms with Crippen LogP contribution in [0.25, 0.3) is 11.4 Å². The molecule has 1 amide bonds. The summed E-state index contributed by atoms with van der Waals surface area (Å²) in [4.78, 5) is 18.5. The minimum Gasteiger partial charge on any atom is -0.339 e. The van der Waals surface area contributed by atoms with Crippen LogP contribution in [0.4, 0.5) is 18.9 Å². The van der Waals surface area contributed by atoms with Gasteiger partial charge in [0.2, 0.25) is 17.6 Å². The highest BCUT2D eigenvalue weighted by atomic mass is 19.4. The number of carbonyl (C=O) groups is 1. The van der Waals surface area contributed by atoms with E-state index >= 15 is 0 Å². The van der Waals surface area contributed by atoms with Crippen molar-refractivity contribution < 1.29 is 22.5 Å². The largest absolute Gasteiger partial charge is 0.416 e. The maximum Gasteiger partial charge on any atom is 0.416 e. The molecule has 0 spiro atoms. The Morgan fingerprint density at radius 1 is 1.10 bits per heavy atom. The van der Waals surface area contributed by atoms with Crippen LogP contribution in [0.15, 0.2) is 47.0 Å². The number of carbonyl (C=O) groups excluding carboxylic acids is 1. The summed E-state index contributed by atoms with van der Waals surface area (Å²) in [6.07, 6.45) is -4.25. The number of aromatic nitrogens is 2. The molecule has 29 heavy (non-hydrogen) atoms. The van der Waals surface area contributed by atoms with Crippen LogP contribution in [0, 0.1) is 13.8 Å². The van der Waals surface area contributed by atoms with Crippen molar-refractivity contribution in [3.05, 3.63) is 65.0 Å². The molecule has 0 bridgehead atoms. The summed E-state index contributed by atoms with van der Waals surface area (Å²) in [7, 11) is 0. The minimum absolute atomic E-state index is 0.0566. The van der Waals surface area contributed by atoms with Gasteiger partial charge in [0.15, 0.2) is 0 Å². The fourth-order valence-corrected chi connectivity index (χ4v) is 3.58. The summed E-state index contributed by atoms with van der Waals surface area (Å²) in [5, 5.41) is 3.82. The van der Waals surface area contributed by atoms with Gasteiger partial charge in [0, 0.05) is 24.2 Å². The monoisotopic (exact) mass is 401 g/mol. The molecule has 0 saturated carbocycles. The van der Waals surface area contributed by atoms with Gasteiger partial charge in [-0.15, -0.1) is 0 Å². The van der Waals surface area contributed by atoms with E-state index in [0.29, 0.717) is 6.54 Å². The van der Waals surface area contributed by atoms with E-state index in [0.717, 1.165) is 28.9 Å². The number of alkyl halides is 3. The highest BCUT2D eigenvalue weighted by molar-refractivity contribution is 5.96. The fourth-order valence-electron chi connectivity index (χ4n) is 3.58. The number of benzene rings is 2. The SMILES string of the molecule is Cc1cc(C)cc(N2C[C@H](c3nc(-c4cccc(C(F)(F)F)c4)no3)CC2=O)c1. The van der Waals surface area contributed by atoms with Crippen molar-refractivity contribution in [2.45, 2.75) is 32.4 Å². The highest BCUT2D eigenvalue weighted by Crippen LogP contribution is 2.34.